The summed E-state index contributed by atoms with van der Waals surface area (Å²) in [4.78, 5) is 5.48. The van der Waals surface area contributed by atoms with Crippen LogP contribution in [0.25, 0.3) is 0 Å². The second-order valence-electron chi connectivity index (χ2n) is 6.99. The van der Waals surface area contributed by atoms with Crippen molar-refractivity contribution in [3.63, 3.8) is 0 Å². The van der Waals surface area contributed by atoms with Gasteiger partial charge in [0.1, 0.15) is 0 Å². The second kappa shape index (κ2) is 9.86. The molecule has 1 N–H and O–H groups in total. The summed E-state index contributed by atoms with van der Waals surface area (Å²) in [6.45, 7) is 5.26. The molecule has 1 heterocycles. The van der Waals surface area contributed by atoms with E-state index in [4.69, 9.17) is 11.6 Å². The van der Waals surface area contributed by atoms with Gasteiger partial charge >= 0.3 is 0 Å². The lowest BCUT2D eigenvalue weighted by Gasteiger charge is -2.18. The molecule has 0 aliphatic heterocycles. The lowest BCUT2D eigenvalue weighted by Crippen LogP contribution is -2.13. The van der Waals surface area contributed by atoms with E-state index >= 15 is 0 Å². The summed E-state index contributed by atoms with van der Waals surface area (Å²) in [6, 6.07) is 17.4. The first-order chi connectivity index (χ1) is 13.1. The van der Waals surface area contributed by atoms with E-state index in [9.17, 15) is 0 Å². The van der Waals surface area contributed by atoms with Gasteiger partial charge in [0.25, 0.3) is 0 Å². The molecule has 27 heavy (non-hydrogen) atoms. The average molecular weight is 400 g/mol. The van der Waals surface area contributed by atoms with Crippen LogP contribution >= 0.6 is 23.4 Å². The molecular weight excluding hydrogens is 374 g/mol. The van der Waals surface area contributed by atoms with E-state index < -0.39 is 0 Å². The van der Waals surface area contributed by atoms with Gasteiger partial charge in [-0.05, 0) is 68.7 Å². The zero-order valence-corrected chi connectivity index (χ0v) is 17.4. The van der Waals surface area contributed by atoms with Crippen molar-refractivity contribution in [2.75, 3.05) is 5.32 Å². The topological polar surface area (TPSA) is 29.9 Å². The summed E-state index contributed by atoms with van der Waals surface area (Å²) < 4.78 is 2.16. The number of thioether (sulfide) groups is 1. The Labute approximate surface area is 171 Å². The summed E-state index contributed by atoms with van der Waals surface area (Å²) in [5.74, 6) is 0. The number of rotatable bonds is 9. The molecule has 3 nitrogen and oxygen atoms in total. The van der Waals surface area contributed by atoms with Crippen LogP contribution in [0, 0.1) is 0 Å². The largest absolute Gasteiger partial charge is 0.383 e. The van der Waals surface area contributed by atoms with Crippen molar-refractivity contribution in [2.45, 2.75) is 49.4 Å². The van der Waals surface area contributed by atoms with Crippen LogP contribution < -0.4 is 5.32 Å². The van der Waals surface area contributed by atoms with Crippen LogP contribution in [0.4, 0.5) is 5.69 Å². The van der Waals surface area contributed by atoms with Gasteiger partial charge in [-0.25, -0.2) is 4.98 Å². The Morgan fingerprint density at radius 2 is 1.81 bits per heavy atom. The monoisotopic (exact) mass is 399 g/mol. The Morgan fingerprint density at radius 3 is 2.44 bits per heavy atom. The predicted molar refractivity (Wildman–Crippen MR) is 117 cm³/mol. The van der Waals surface area contributed by atoms with Crippen LogP contribution in [0.2, 0.25) is 5.02 Å². The molecule has 142 valence electrons. The van der Waals surface area contributed by atoms with Crippen molar-refractivity contribution < 1.29 is 0 Å². The van der Waals surface area contributed by atoms with Gasteiger partial charge in [-0.15, -0.1) is 11.8 Å². The number of imidazole rings is 1. The van der Waals surface area contributed by atoms with Crippen LogP contribution in [0.5, 0.6) is 0 Å². The first-order valence-electron chi connectivity index (χ1n) is 9.32. The minimum Gasteiger partial charge on any atom is -0.383 e. The molecule has 0 amide bonds. The number of hydrogen-bond acceptors (Lipinski definition) is 3. The molecule has 1 aromatic heterocycles. The number of nitrogens with one attached hydrogen (secondary N) is 1. The molecule has 5 heteroatoms. The molecule has 0 aliphatic carbocycles. The standard InChI is InChI=1S/C22H26ClN3S/c1-17(2)25-20-8-11-21(12-9-20)27-22(15-26-14-13-24-16-26)10-5-18-3-6-19(23)7-4-18/h3-4,6-9,11-14,16-17,22,25H,5,10,15H2,1-2H3. The third-order valence-corrected chi connectivity index (χ3v) is 5.77. The first kappa shape index (κ1) is 19.8. The van der Waals surface area contributed by atoms with E-state index in [0.717, 1.165) is 24.4 Å². The van der Waals surface area contributed by atoms with Crippen molar-refractivity contribution in [1.29, 1.82) is 0 Å². The van der Waals surface area contributed by atoms with Crippen LogP contribution in [-0.4, -0.2) is 20.8 Å². The highest BCUT2D eigenvalue weighted by atomic mass is 35.5. The fraction of sp³-hybridized carbons (Fsp3) is 0.318. The molecule has 3 aromatic rings. The second-order valence-corrected chi connectivity index (χ2v) is 8.80. The van der Waals surface area contributed by atoms with Crippen molar-refractivity contribution in [2.24, 2.45) is 0 Å². The average Bonchev–Trinajstić information content (AvgIpc) is 3.15. The molecule has 1 atom stereocenters. The van der Waals surface area contributed by atoms with Crippen molar-refractivity contribution in [1.82, 2.24) is 9.55 Å². The van der Waals surface area contributed by atoms with E-state index in [2.05, 4.69) is 65.1 Å². The number of nitrogens with zero attached hydrogens (tertiary/aromatic N) is 2. The number of hydrogen-bond donors (Lipinski definition) is 1. The maximum absolute atomic E-state index is 6.00. The van der Waals surface area contributed by atoms with Crippen LogP contribution in [-0.2, 0) is 13.0 Å². The third-order valence-electron chi connectivity index (χ3n) is 4.25. The SMILES string of the molecule is CC(C)Nc1ccc(SC(CCc2ccc(Cl)cc2)Cn2ccnc2)cc1. The van der Waals surface area contributed by atoms with Crippen molar-refractivity contribution in [3.8, 4) is 0 Å². The highest BCUT2D eigenvalue weighted by molar-refractivity contribution is 8.00. The van der Waals surface area contributed by atoms with Gasteiger partial charge in [-0.3, -0.25) is 0 Å². The summed E-state index contributed by atoms with van der Waals surface area (Å²) in [7, 11) is 0. The first-order valence-corrected chi connectivity index (χ1v) is 10.6. The van der Waals surface area contributed by atoms with E-state index in [1.807, 2.05) is 42.6 Å². The Hall–Kier alpha value is -1.91. The maximum Gasteiger partial charge on any atom is 0.0946 e. The molecule has 0 radical (unpaired) electrons. The lowest BCUT2D eigenvalue weighted by molar-refractivity contribution is 0.624. The Kier molecular flexibility index (Phi) is 7.25. The highest BCUT2D eigenvalue weighted by Gasteiger charge is 2.12. The number of aromatic nitrogens is 2. The van der Waals surface area contributed by atoms with Gasteiger partial charge in [0, 0.05) is 45.8 Å². The molecule has 0 saturated carbocycles. The summed E-state index contributed by atoms with van der Waals surface area (Å²) >= 11 is 7.94. The number of aryl methyl sites for hydroxylation is 1. The smallest absolute Gasteiger partial charge is 0.0946 e. The fourth-order valence-electron chi connectivity index (χ4n) is 2.95. The van der Waals surface area contributed by atoms with Gasteiger partial charge in [0.15, 0.2) is 0 Å². The Bertz CT molecular complexity index is 799. The van der Waals surface area contributed by atoms with Crippen LogP contribution in [0.1, 0.15) is 25.8 Å². The molecule has 0 saturated heterocycles. The maximum atomic E-state index is 6.00. The third kappa shape index (κ3) is 6.64. The lowest BCUT2D eigenvalue weighted by atomic mass is 10.1. The molecule has 0 bridgehead atoms. The van der Waals surface area contributed by atoms with E-state index in [-0.39, 0.29) is 0 Å². The van der Waals surface area contributed by atoms with E-state index in [1.54, 1.807) is 0 Å². The molecule has 2 aromatic carbocycles. The number of halogens is 1. The van der Waals surface area contributed by atoms with Gasteiger partial charge in [-0.2, -0.15) is 0 Å². The predicted octanol–water partition coefficient (Wildman–Crippen LogP) is 6.15. The summed E-state index contributed by atoms with van der Waals surface area (Å²) in [5.41, 5.74) is 2.49. The van der Waals surface area contributed by atoms with E-state index in [1.165, 1.54) is 16.1 Å². The minimum absolute atomic E-state index is 0.442. The molecule has 0 aliphatic rings. The quantitative estimate of drug-likeness (QED) is 0.437. The number of benzene rings is 2. The zero-order valence-electron chi connectivity index (χ0n) is 15.8. The molecule has 1 unspecified atom stereocenters. The van der Waals surface area contributed by atoms with Crippen LogP contribution in [0.15, 0.2) is 72.1 Å². The normalized spacial score (nSPS) is 12.3. The van der Waals surface area contributed by atoms with Gasteiger partial charge in [0.2, 0.25) is 0 Å². The molecule has 0 spiro atoms. The molecule has 0 fully saturated rings. The van der Waals surface area contributed by atoms with Gasteiger partial charge < -0.3 is 9.88 Å². The molecule has 3 rings (SSSR count). The van der Waals surface area contributed by atoms with Crippen molar-refractivity contribution in [3.05, 3.63) is 77.8 Å². The zero-order chi connectivity index (χ0) is 19.1. The number of anilines is 1. The highest BCUT2D eigenvalue weighted by Crippen LogP contribution is 2.29. The minimum atomic E-state index is 0.442. The molecular formula is C22H26ClN3S. The van der Waals surface area contributed by atoms with Crippen molar-refractivity contribution >= 4 is 29.1 Å². The van der Waals surface area contributed by atoms with Gasteiger partial charge in [0.05, 0.1) is 6.33 Å². The van der Waals surface area contributed by atoms with Gasteiger partial charge in [-0.1, -0.05) is 23.7 Å². The Morgan fingerprint density at radius 1 is 1.07 bits per heavy atom. The summed E-state index contributed by atoms with van der Waals surface area (Å²) in [6.07, 6.45) is 7.90. The van der Waals surface area contributed by atoms with E-state index in [0.29, 0.717) is 11.3 Å². The summed E-state index contributed by atoms with van der Waals surface area (Å²) in [5, 5.41) is 4.70. The van der Waals surface area contributed by atoms with Crippen LogP contribution in [0.3, 0.4) is 0 Å². The Balaban J connectivity index is 1.64. The fourth-order valence-corrected chi connectivity index (χ4v) is 4.24.